The summed E-state index contributed by atoms with van der Waals surface area (Å²) in [6.45, 7) is 4.19. The van der Waals surface area contributed by atoms with Crippen LogP contribution in [0.1, 0.15) is 31.3 Å². The maximum atomic E-state index is 5.63. The van der Waals surface area contributed by atoms with E-state index in [9.17, 15) is 0 Å². The summed E-state index contributed by atoms with van der Waals surface area (Å²) in [5.41, 5.74) is 4.04. The van der Waals surface area contributed by atoms with E-state index in [0.29, 0.717) is 0 Å². The number of aryl methyl sites for hydroxylation is 1. The summed E-state index contributed by atoms with van der Waals surface area (Å²) in [4.78, 5) is 4.47. The third-order valence-corrected chi connectivity index (χ3v) is 4.02. The Labute approximate surface area is 132 Å². The van der Waals surface area contributed by atoms with Crippen LogP contribution in [0.2, 0.25) is 0 Å². The Morgan fingerprint density at radius 3 is 2.67 bits per heavy atom. The van der Waals surface area contributed by atoms with Gasteiger partial charge in [-0.15, -0.1) is 0 Å². The van der Waals surface area contributed by atoms with Gasteiger partial charge in [0, 0.05) is 22.6 Å². The first-order chi connectivity index (χ1) is 10.2. The summed E-state index contributed by atoms with van der Waals surface area (Å²) in [6.07, 6.45) is 0.812. The van der Waals surface area contributed by atoms with Crippen molar-refractivity contribution >= 4 is 32.7 Å². The van der Waals surface area contributed by atoms with Crippen LogP contribution in [0, 0.1) is 0 Å². The molecule has 3 rings (SSSR count). The molecule has 1 heterocycles. The zero-order valence-corrected chi connectivity index (χ0v) is 13.6. The minimum Gasteiger partial charge on any atom is -0.441 e. The number of aromatic nitrogens is 1. The van der Waals surface area contributed by atoms with Gasteiger partial charge >= 0.3 is 0 Å². The first-order valence-corrected chi connectivity index (χ1v) is 7.86. The van der Waals surface area contributed by atoms with Crippen molar-refractivity contribution in [1.29, 1.82) is 0 Å². The van der Waals surface area contributed by atoms with E-state index < -0.39 is 0 Å². The second-order valence-electron chi connectivity index (χ2n) is 5.06. The molecule has 0 radical (unpaired) electrons. The number of fused-ring (bicyclic) bond motifs is 1. The first kappa shape index (κ1) is 14.1. The predicted octanol–water partition coefficient (Wildman–Crippen LogP) is 5.33. The summed E-state index contributed by atoms with van der Waals surface area (Å²) >= 11 is 3.46. The Morgan fingerprint density at radius 2 is 1.95 bits per heavy atom. The van der Waals surface area contributed by atoms with Gasteiger partial charge < -0.3 is 9.73 Å². The van der Waals surface area contributed by atoms with Crippen molar-refractivity contribution in [2.75, 3.05) is 5.32 Å². The molecule has 1 unspecified atom stereocenters. The molecule has 0 saturated heterocycles. The van der Waals surface area contributed by atoms with Gasteiger partial charge in [-0.2, -0.15) is 0 Å². The van der Waals surface area contributed by atoms with Crippen molar-refractivity contribution in [2.45, 2.75) is 26.3 Å². The molecule has 0 aliphatic heterocycles. The van der Waals surface area contributed by atoms with Gasteiger partial charge in [0.1, 0.15) is 5.52 Å². The van der Waals surface area contributed by atoms with Crippen LogP contribution in [0.5, 0.6) is 0 Å². The maximum Gasteiger partial charge on any atom is 0.195 e. The SMILES string of the molecule is CCc1nc2cc(NC(C)c3ccc(Br)cc3)ccc2o1. The van der Waals surface area contributed by atoms with Crippen LogP contribution in [0.25, 0.3) is 11.1 Å². The summed E-state index contributed by atoms with van der Waals surface area (Å²) in [6, 6.07) is 14.6. The lowest BCUT2D eigenvalue weighted by molar-refractivity contribution is 0.538. The number of nitrogens with one attached hydrogen (secondary N) is 1. The molecule has 108 valence electrons. The molecule has 0 aliphatic carbocycles. The van der Waals surface area contributed by atoms with Gasteiger partial charge in [0.25, 0.3) is 0 Å². The van der Waals surface area contributed by atoms with E-state index in [1.807, 2.05) is 25.1 Å². The van der Waals surface area contributed by atoms with Gasteiger partial charge in [0.05, 0.1) is 0 Å². The number of rotatable bonds is 4. The summed E-state index contributed by atoms with van der Waals surface area (Å²) in [5, 5.41) is 3.50. The Bertz CT molecular complexity index is 749. The molecule has 3 aromatic rings. The van der Waals surface area contributed by atoms with Crippen LogP contribution < -0.4 is 5.32 Å². The second-order valence-corrected chi connectivity index (χ2v) is 5.98. The van der Waals surface area contributed by atoms with E-state index in [1.165, 1.54) is 5.56 Å². The molecule has 1 aromatic heterocycles. The third-order valence-electron chi connectivity index (χ3n) is 3.49. The van der Waals surface area contributed by atoms with Crippen LogP contribution in [-0.2, 0) is 6.42 Å². The topological polar surface area (TPSA) is 38.1 Å². The first-order valence-electron chi connectivity index (χ1n) is 7.07. The second kappa shape index (κ2) is 5.90. The smallest absolute Gasteiger partial charge is 0.195 e. The molecule has 0 spiro atoms. The number of hydrogen-bond acceptors (Lipinski definition) is 3. The summed E-state index contributed by atoms with van der Waals surface area (Å²) in [7, 11) is 0. The average molecular weight is 345 g/mol. The number of hydrogen-bond donors (Lipinski definition) is 1. The highest BCUT2D eigenvalue weighted by molar-refractivity contribution is 9.10. The lowest BCUT2D eigenvalue weighted by Gasteiger charge is -2.15. The van der Waals surface area contributed by atoms with Crippen molar-refractivity contribution in [3.63, 3.8) is 0 Å². The molecular weight excluding hydrogens is 328 g/mol. The van der Waals surface area contributed by atoms with Gasteiger partial charge in [-0.3, -0.25) is 0 Å². The average Bonchev–Trinajstić information content (AvgIpc) is 2.90. The van der Waals surface area contributed by atoms with Crippen molar-refractivity contribution < 1.29 is 4.42 Å². The monoisotopic (exact) mass is 344 g/mol. The molecule has 0 fully saturated rings. The minimum atomic E-state index is 0.230. The molecule has 0 saturated carbocycles. The number of anilines is 1. The van der Waals surface area contributed by atoms with Crippen LogP contribution >= 0.6 is 15.9 Å². The lowest BCUT2D eigenvalue weighted by Crippen LogP contribution is -2.06. The van der Waals surface area contributed by atoms with Crippen molar-refractivity contribution in [1.82, 2.24) is 4.98 Å². The van der Waals surface area contributed by atoms with Crippen molar-refractivity contribution in [3.8, 4) is 0 Å². The molecule has 1 atom stereocenters. The van der Waals surface area contributed by atoms with Gasteiger partial charge in [0.15, 0.2) is 11.5 Å². The Morgan fingerprint density at radius 1 is 1.19 bits per heavy atom. The van der Waals surface area contributed by atoms with Crippen LogP contribution in [0.3, 0.4) is 0 Å². The van der Waals surface area contributed by atoms with Gasteiger partial charge in [-0.25, -0.2) is 4.98 Å². The number of halogens is 1. The largest absolute Gasteiger partial charge is 0.441 e. The van der Waals surface area contributed by atoms with Gasteiger partial charge in [0.2, 0.25) is 0 Å². The predicted molar refractivity (Wildman–Crippen MR) is 89.6 cm³/mol. The van der Waals surface area contributed by atoms with Crippen molar-refractivity contribution in [2.24, 2.45) is 0 Å². The summed E-state index contributed by atoms with van der Waals surface area (Å²) in [5.74, 6) is 0.781. The maximum absolute atomic E-state index is 5.63. The van der Waals surface area contributed by atoms with Crippen LogP contribution in [-0.4, -0.2) is 4.98 Å². The van der Waals surface area contributed by atoms with E-state index in [1.54, 1.807) is 0 Å². The molecule has 0 amide bonds. The van der Waals surface area contributed by atoms with Gasteiger partial charge in [-0.1, -0.05) is 35.0 Å². The highest BCUT2D eigenvalue weighted by atomic mass is 79.9. The normalized spacial score (nSPS) is 12.5. The number of benzene rings is 2. The molecule has 0 aliphatic rings. The zero-order valence-electron chi connectivity index (χ0n) is 12.1. The highest BCUT2D eigenvalue weighted by Gasteiger charge is 2.08. The third kappa shape index (κ3) is 3.10. The highest BCUT2D eigenvalue weighted by Crippen LogP contribution is 2.24. The Hall–Kier alpha value is -1.81. The molecule has 1 N–H and O–H groups in total. The molecule has 2 aromatic carbocycles. The van der Waals surface area contributed by atoms with Crippen LogP contribution in [0.4, 0.5) is 5.69 Å². The molecule has 4 heteroatoms. The van der Waals surface area contributed by atoms with Crippen molar-refractivity contribution in [3.05, 3.63) is 58.4 Å². The van der Waals surface area contributed by atoms with E-state index in [4.69, 9.17) is 4.42 Å². The summed E-state index contributed by atoms with van der Waals surface area (Å²) < 4.78 is 6.72. The quantitative estimate of drug-likeness (QED) is 0.695. The van der Waals surface area contributed by atoms with E-state index in [-0.39, 0.29) is 6.04 Å². The standard InChI is InChI=1S/C17H17BrN2O/c1-3-17-20-15-10-14(8-9-16(15)21-17)19-11(2)12-4-6-13(18)7-5-12/h4-11,19H,3H2,1-2H3. The number of oxazole rings is 1. The molecule has 21 heavy (non-hydrogen) atoms. The molecule has 3 nitrogen and oxygen atoms in total. The van der Waals surface area contributed by atoms with Gasteiger partial charge in [-0.05, 0) is 42.8 Å². The van der Waals surface area contributed by atoms with E-state index in [0.717, 1.165) is 33.6 Å². The fraction of sp³-hybridized carbons (Fsp3) is 0.235. The minimum absolute atomic E-state index is 0.230. The Kier molecular flexibility index (Phi) is 3.97. The number of nitrogens with zero attached hydrogens (tertiary/aromatic N) is 1. The zero-order chi connectivity index (χ0) is 14.8. The van der Waals surface area contributed by atoms with E-state index in [2.05, 4.69) is 57.4 Å². The lowest BCUT2D eigenvalue weighted by atomic mass is 10.1. The Balaban J connectivity index is 1.82. The fourth-order valence-corrected chi connectivity index (χ4v) is 2.57. The fourth-order valence-electron chi connectivity index (χ4n) is 2.30. The molecular formula is C17H17BrN2O. The van der Waals surface area contributed by atoms with Crippen LogP contribution in [0.15, 0.2) is 51.4 Å². The molecule has 0 bridgehead atoms. The van der Waals surface area contributed by atoms with E-state index >= 15 is 0 Å².